The quantitative estimate of drug-likeness (QED) is 0.666. The lowest BCUT2D eigenvalue weighted by Crippen LogP contribution is -2.42. The first-order valence-electron chi connectivity index (χ1n) is 9.48. The smallest absolute Gasteiger partial charge is 0.338 e. The highest BCUT2D eigenvalue weighted by molar-refractivity contribution is 7.89. The molecule has 0 aliphatic carbocycles. The standard InChI is InChI=1S/C21H26N2O4S/c1-3-27-21(24)17-11-13-20(14-12-17)28(25,26)23-15-7-10-19(23)16-22(2)18-8-5-4-6-9-18/h4-6,8-9,11-14,19H,3,7,10,15-16H2,1-2H3/t19-/m0/s1. The molecule has 0 amide bonds. The number of rotatable bonds is 7. The Morgan fingerprint density at radius 3 is 2.46 bits per heavy atom. The lowest BCUT2D eigenvalue weighted by molar-refractivity contribution is 0.0526. The number of anilines is 1. The van der Waals surface area contributed by atoms with Crippen molar-refractivity contribution in [1.82, 2.24) is 4.31 Å². The molecule has 0 spiro atoms. The highest BCUT2D eigenvalue weighted by Crippen LogP contribution is 2.27. The minimum atomic E-state index is -3.62. The summed E-state index contributed by atoms with van der Waals surface area (Å²) in [6.45, 7) is 3.15. The van der Waals surface area contributed by atoms with Gasteiger partial charge in [0, 0.05) is 31.9 Å². The van der Waals surface area contributed by atoms with Gasteiger partial charge in [-0.2, -0.15) is 4.31 Å². The maximum absolute atomic E-state index is 13.2. The predicted molar refractivity (Wildman–Crippen MR) is 109 cm³/mol. The summed E-state index contributed by atoms with van der Waals surface area (Å²) < 4.78 is 32.9. The molecule has 1 atom stereocenters. The van der Waals surface area contributed by atoms with Crippen molar-refractivity contribution in [3.05, 3.63) is 60.2 Å². The molecule has 0 radical (unpaired) electrons. The van der Waals surface area contributed by atoms with Crippen molar-refractivity contribution in [2.75, 3.05) is 31.6 Å². The number of esters is 1. The number of carbonyl (C=O) groups excluding carboxylic acids is 1. The number of para-hydroxylation sites is 1. The Morgan fingerprint density at radius 1 is 1.14 bits per heavy atom. The highest BCUT2D eigenvalue weighted by atomic mass is 32.2. The molecule has 2 aromatic carbocycles. The molecule has 2 aromatic rings. The van der Waals surface area contributed by atoms with Crippen LogP contribution in [0.2, 0.25) is 0 Å². The monoisotopic (exact) mass is 402 g/mol. The number of likely N-dealkylation sites (N-methyl/N-ethyl adjacent to an activating group) is 1. The lowest BCUT2D eigenvalue weighted by atomic mass is 10.2. The number of carbonyl (C=O) groups is 1. The SMILES string of the molecule is CCOC(=O)c1ccc(S(=O)(=O)N2CCC[C@H]2CN(C)c2ccccc2)cc1. The van der Waals surface area contributed by atoms with Crippen molar-refractivity contribution in [2.24, 2.45) is 0 Å². The molecule has 0 aromatic heterocycles. The zero-order chi connectivity index (χ0) is 20.1. The molecule has 1 aliphatic rings. The van der Waals surface area contributed by atoms with Crippen LogP contribution in [-0.2, 0) is 14.8 Å². The fraction of sp³-hybridized carbons (Fsp3) is 0.381. The van der Waals surface area contributed by atoms with Crippen molar-refractivity contribution in [2.45, 2.75) is 30.7 Å². The molecule has 1 aliphatic heterocycles. The molecule has 1 saturated heterocycles. The van der Waals surface area contributed by atoms with Gasteiger partial charge in [0.15, 0.2) is 0 Å². The van der Waals surface area contributed by atoms with Crippen LogP contribution in [0.15, 0.2) is 59.5 Å². The summed E-state index contributed by atoms with van der Waals surface area (Å²) in [4.78, 5) is 14.1. The van der Waals surface area contributed by atoms with E-state index in [9.17, 15) is 13.2 Å². The first-order valence-corrected chi connectivity index (χ1v) is 10.9. The van der Waals surface area contributed by atoms with E-state index in [2.05, 4.69) is 4.90 Å². The van der Waals surface area contributed by atoms with E-state index in [1.54, 1.807) is 11.2 Å². The van der Waals surface area contributed by atoms with Crippen LogP contribution in [0.4, 0.5) is 5.69 Å². The van der Waals surface area contributed by atoms with Gasteiger partial charge in [0.1, 0.15) is 0 Å². The van der Waals surface area contributed by atoms with Crippen molar-refractivity contribution < 1.29 is 17.9 Å². The number of ether oxygens (including phenoxy) is 1. The van der Waals surface area contributed by atoms with Crippen molar-refractivity contribution in [1.29, 1.82) is 0 Å². The molecule has 6 nitrogen and oxygen atoms in total. The summed E-state index contributed by atoms with van der Waals surface area (Å²) in [5.74, 6) is -0.449. The minimum Gasteiger partial charge on any atom is -0.462 e. The Labute approximate surface area is 166 Å². The maximum atomic E-state index is 13.2. The van der Waals surface area contributed by atoms with Crippen LogP contribution < -0.4 is 4.90 Å². The van der Waals surface area contributed by atoms with Gasteiger partial charge in [0.25, 0.3) is 0 Å². The van der Waals surface area contributed by atoms with Gasteiger partial charge in [-0.25, -0.2) is 13.2 Å². The Hall–Kier alpha value is -2.38. The van der Waals surface area contributed by atoms with Gasteiger partial charge < -0.3 is 9.64 Å². The Kier molecular flexibility index (Phi) is 6.36. The first kappa shape index (κ1) is 20.4. The molecule has 3 rings (SSSR count). The average molecular weight is 403 g/mol. The first-order chi connectivity index (χ1) is 13.4. The van der Waals surface area contributed by atoms with E-state index in [-0.39, 0.29) is 17.5 Å². The largest absolute Gasteiger partial charge is 0.462 e. The number of nitrogens with zero attached hydrogens (tertiary/aromatic N) is 2. The van der Waals surface area contributed by atoms with E-state index in [0.29, 0.717) is 18.7 Å². The van der Waals surface area contributed by atoms with E-state index in [0.717, 1.165) is 18.5 Å². The Morgan fingerprint density at radius 2 is 1.82 bits per heavy atom. The molecule has 1 fully saturated rings. The zero-order valence-electron chi connectivity index (χ0n) is 16.2. The number of benzene rings is 2. The van der Waals surface area contributed by atoms with Crippen LogP contribution in [0.25, 0.3) is 0 Å². The van der Waals surface area contributed by atoms with E-state index >= 15 is 0 Å². The van der Waals surface area contributed by atoms with Crippen LogP contribution in [-0.4, -0.2) is 51.5 Å². The fourth-order valence-corrected chi connectivity index (χ4v) is 5.21. The summed E-state index contributed by atoms with van der Waals surface area (Å²) >= 11 is 0. The van der Waals surface area contributed by atoms with Gasteiger partial charge in [0.2, 0.25) is 10.0 Å². The van der Waals surface area contributed by atoms with Gasteiger partial charge in [-0.1, -0.05) is 18.2 Å². The summed E-state index contributed by atoms with van der Waals surface area (Å²) in [6, 6.07) is 15.8. The molecule has 28 heavy (non-hydrogen) atoms. The summed E-state index contributed by atoms with van der Waals surface area (Å²) in [5, 5.41) is 0. The number of hydrogen-bond donors (Lipinski definition) is 0. The Bertz CT molecular complexity index is 898. The van der Waals surface area contributed by atoms with Gasteiger partial charge in [0.05, 0.1) is 17.1 Å². The fourth-order valence-electron chi connectivity index (χ4n) is 3.52. The number of hydrogen-bond acceptors (Lipinski definition) is 5. The van der Waals surface area contributed by atoms with E-state index in [4.69, 9.17) is 4.74 Å². The van der Waals surface area contributed by atoms with Crippen LogP contribution in [0.5, 0.6) is 0 Å². The second kappa shape index (κ2) is 8.75. The molecule has 0 unspecified atom stereocenters. The zero-order valence-corrected chi connectivity index (χ0v) is 17.1. The van der Waals surface area contributed by atoms with Crippen molar-refractivity contribution in [3.63, 3.8) is 0 Å². The molecule has 0 saturated carbocycles. The highest BCUT2D eigenvalue weighted by Gasteiger charge is 2.35. The van der Waals surface area contributed by atoms with Crippen LogP contribution in [0.1, 0.15) is 30.1 Å². The molecule has 150 valence electrons. The second-order valence-corrected chi connectivity index (χ2v) is 8.76. The van der Waals surface area contributed by atoms with Crippen LogP contribution in [0, 0.1) is 0 Å². The molecular weight excluding hydrogens is 376 g/mol. The van der Waals surface area contributed by atoms with Gasteiger partial charge in [-0.15, -0.1) is 0 Å². The molecule has 0 bridgehead atoms. The van der Waals surface area contributed by atoms with Crippen molar-refractivity contribution in [3.8, 4) is 0 Å². The lowest BCUT2D eigenvalue weighted by Gasteiger charge is -2.29. The molecule has 1 heterocycles. The minimum absolute atomic E-state index is 0.0834. The molecule has 0 N–H and O–H groups in total. The van der Waals surface area contributed by atoms with Gasteiger partial charge >= 0.3 is 5.97 Å². The average Bonchev–Trinajstić information content (AvgIpc) is 3.18. The second-order valence-electron chi connectivity index (χ2n) is 6.87. The normalized spacial score (nSPS) is 17.4. The van der Waals surface area contributed by atoms with Gasteiger partial charge in [-0.05, 0) is 56.2 Å². The maximum Gasteiger partial charge on any atom is 0.338 e. The third-order valence-corrected chi connectivity index (χ3v) is 6.94. The third-order valence-electron chi connectivity index (χ3n) is 4.98. The predicted octanol–water partition coefficient (Wildman–Crippen LogP) is 3.15. The summed E-state index contributed by atoms with van der Waals surface area (Å²) in [6.07, 6.45) is 1.67. The van der Waals surface area contributed by atoms with Crippen molar-refractivity contribution >= 4 is 21.7 Å². The van der Waals surface area contributed by atoms with E-state index in [1.807, 2.05) is 37.4 Å². The topological polar surface area (TPSA) is 66.9 Å². The molecule has 7 heteroatoms. The number of sulfonamides is 1. The van der Waals surface area contributed by atoms with E-state index in [1.165, 1.54) is 24.3 Å². The third kappa shape index (κ3) is 4.36. The molecular formula is C21H26N2O4S. The Balaban J connectivity index is 1.75. The van der Waals surface area contributed by atoms with Gasteiger partial charge in [-0.3, -0.25) is 0 Å². The van der Waals surface area contributed by atoms with Crippen LogP contribution in [0.3, 0.4) is 0 Å². The van der Waals surface area contributed by atoms with E-state index < -0.39 is 16.0 Å². The van der Waals surface area contributed by atoms with Crippen LogP contribution >= 0.6 is 0 Å². The summed E-state index contributed by atoms with van der Waals surface area (Å²) in [5.41, 5.74) is 1.41. The summed E-state index contributed by atoms with van der Waals surface area (Å²) in [7, 11) is -1.64.